The highest BCUT2D eigenvalue weighted by molar-refractivity contribution is 6.35. The van der Waals surface area contributed by atoms with Crippen molar-refractivity contribution in [3.8, 4) is 6.01 Å². The molecule has 3 atom stereocenters. The van der Waals surface area contributed by atoms with Gasteiger partial charge in [-0.05, 0) is 64.2 Å². The molecule has 2 N–H and O–H groups in total. The Kier molecular flexibility index (Phi) is 9.27. The minimum atomic E-state index is -0.668. The molecule has 6 rings (SSSR count). The number of piperazine rings is 1. The smallest absolute Gasteiger partial charge is 0.410 e. The molecule has 11 nitrogen and oxygen atoms in total. The van der Waals surface area contributed by atoms with Crippen molar-refractivity contribution < 1.29 is 23.8 Å². The lowest BCUT2D eigenvalue weighted by Gasteiger charge is -2.42. The summed E-state index contributed by atoms with van der Waals surface area (Å²) in [6.07, 6.45) is 1.98. The lowest BCUT2D eigenvalue weighted by atomic mass is 9.94. The zero-order valence-electron chi connectivity index (χ0n) is 27.0. The van der Waals surface area contributed by atoms with Crippen molar-refractivity contribution >= 4 is 40.2 Å². The fourth-order valence-corrected chi connectivity index (χ4v) is 7.01. The average molecular weight is 651 g/mol. The Morgan fingerprint density at radius 2 is 1.87 bits per heavy atom. The van der Waals surface area contributed by atoms with Crippen molar-refractivity contribution in [3.05, 3.63) is 58.2 Å². The summed E-state index contributed by atoms with van der Waals surface area (Å²) in [4.78, 5) is 41.1. The maximum atomic E-state index is 13.1. The number of ether oxygens (including phenoxy) is 3. The molecule has 3 aliphatic rings. The van der Waals surface area contributed by atoms with E-state index in [1.807, 2.05) is 51.1 Å². The normalized spacial score (nSPS) is 22.2. The molecule has 4 heterocycles. The third-order valence-corrected chi connectivity index (χ3v) is 9.33. The average Bonchev–Trinajstić information content (AvgIpc) is 3.42. The molecule has 0 aliphatic carbocycles. The van der Waals surface area contributed by atoms with E-state index in [9.17, 15) is 9.59 Å². The van der Waals surface area contributed by atoms with Crippen LogP contribution < -0.4 is 15.4 Å². The summed E-state index contributed by atoms with van der Waals surface area (Å²) in [5.41, 5.74) is 7.71. The van der Waals surface area contributed by atoms with E-state index in [1.165, 1.54) is 0 Å². The SMILES string of the molecule is CN1CCC[C@H]1COc1nc2c(c(N3CCN(C(=O)OC(C)(C)C)[C@@H](CC(N)=O)C3)n1)CO[C@H](c1cccc3cccc(Cl)c13)C2. The minimum absolute atomic E-state index is 0.000797. The molecule has 1 aromatic heterocycles. The first-order valence-electron chi connectivity index (χ1n) is 16.0. The van der Waals surface area contributed by atoms with Gasteiger partial charge in [0.25, 0.3) is 0 Å². The van der Waals surface area contributed by atoms with Crippen LogP contribution in [0.2, 0.25) is 5.02 Å². The van der Waals surface area contributed by atoms with Gasteiger partial charge in [0, 0.05) is 54.5 Å². The first-order valence-corrected chi connectivity index (χ1v) is 16.4. The number of likely N-dealkylation sites (N-methyl/N-ethyl adjacent to an activating group) is 1. The number of nitrogens with two attached hydrogens (primary N) is 1. The van der Waals surface area contributed by atoms with Gasteiger partial charge in [-0.2, -0.15) is 9.97 Å². The van der Waals surface area contributed by atoms with Crippen molar-refractivity contribution in [1.82, 2.24) is 19.8 Å². The molecule has 0 spiro atoms. The number of carbonyl (C=O) groups is 2. The molecular weight excluding hydrogens is 608 g/mol. The van der Waals surface area contributed by atoms with E-state index in [0.717, 1.165) is 47.0 Å². The van der Waals surface area contributed by atoms with E-state index >= 15 is 0 Å². The number of anilines is 1. The number of primary amides is 1. The summed E-state index contributed by atoms with van der Waals surface area (Å²) in [7, 11) is 2.11. The van der Waals surface area contributed by atoms with E-state index in [-0.39, 0.29) is 19.1 Å². The van der Waals surface area contributed by atoms with Crippen molar-refractivity contribution in [2.75, 3.05) is 44.7 Å². The number of hydrogen-bond donors (Lipinski definition) is 1. The number of carbonyl (C=O) groups excluding carboxylic acids is 2. The Bertz CT molecular complexity index is 1610. The molecule has 3 aromatic rings. The Morgan fingerprint density at radius 3 is 2.59 bits per heavy atom. The van der Waals surface area contributed by atoms with Crippen LogP contribution in [-0.2, 0) is 27.3 Å². The fraction of sp³-hybridized carbons (Fsp3) is 0.529. The van der Waals surface area contributed by atoms with Gasteiger partial charge in [0.05, 0.1) is 24.4 Å². The number of amides is 2. The number of halogens is 1. The van der Waals surface area contributed by atoms with Crippen LogP contribution in [0.3, 0.4) is 0 Å². The fourth-order valence-electron chi connectivity index (χ4n) is 6.72. The third-order valence-electron chi connectivity index (χ3n) is 9.01. The number of aromatic nitrogens is 2. The highest BCUT2D eigenvalue weighted by Crippen LogP contribution is 2.39. The summed E-state index contributed by atoms with van der Waals surface area (Å²) in [6, 6.07) is 12.2. The number of rotatable bonds is 7. The maximum Gasteiger partial charge on any atom is 0.410 e. The second-order valence-electron chi connectivity index (χ2n) is 13.5. The lowest BCUT2D eigenvalue weighted by Crippen LogP contribution is -2.57. The van der Waals surface area contributed by atoms with Crippen LogP contribution in [0.5, 0.6) is 6.01 Å². The number of hydrogen-bond acceptors (Lipinski definition) is 9. The first kappa shape index (κ1) is 32.3. The zero-order valence-corrected chi connectivity index (χ0v) is 27.8. The molecule has 0 radical (unpaired) electrons. The molecular formula is C34H43ClN6O5. The Balaban J connectivity index is 1.32. The van der Waals surface area contributed by atoms with Crippen LogP contribution >= 0.6 is 11.6 Å². The highest BCUT2D eigenvalue weighted by Gasteiger charge is 2.37. The lowest BCUT2D eigenvalue weighted by molar-refractivity contribution is -0.119. The van der Waals surface area contributed by atoms with Crippen molar-refractivity contribution in [3.63, 3.8) is 0 Å². The molecule has 2 aromatic carbocycles. The maximum absolute atomic E-state index is 13.1. The van der Waals surface area contributed by atoms with Crippen LogP contribution in [-0.4, -0.2) is 89.3 Å². The summed E-state index contributed by atoms with van der Waals surface area (Å²) in [5, 5.41) is 2.71. The van der Waals surface area contributed by atoms with E-state index in [1.54, 1.807) is 4.90 Å². The largest absolute Gasteiger partial charge is 0.462 e. The summed E-state index contributed by atoms with van der Waals surface area (Å²) in [6.45, 7) is 8.45. The summed E-state index contributed by atoms with van der Waals surface area (Å²) in [5.74, 6) is 0.197. The number of likely N-dealkylation sites (tertiary alicyclic amines) is 1. The predicted octanol–water partition coefficient (Wildman–Crippen LogP) is 4.87. The van der Waals surface area contributed by atoms with Crippen molar-refractivity contribution in [2.24, 2.45) is 5.73 Å². The Morgan fingerprint density at radius 1 is 1.09 bits per heavy atom. The van der Waals surface area contributed by atoms with Gasteiger partial charge in [-0.3, -0.25) is 4.79 Å². The van der Waals surface area contributed by atoms with Gasteiger partial charge < -0.3 is 34.6 Å². The minimum Gasteiger partial charge on any atom is -0.462 e. The second kappa shape index (κ2) is 13.2. The van der Waals surface area contributed by atoms with Crippen molar-refractivity contribution in [1.29, 1.82) is 0 Å². The number of benzene rings is 2. The predicted molar refractivity (Wildman–Crippen MR) is 176 cm³/mol. The van der Waals surface area contributed by atoms with Crippen LogP contribution in [0.4, 0.5) is 10.6 Å². The van der Waals surface area contributed by atoms with Gasteiger partial charge >= 0.3 is 12.1 Å². The van der Waals surface area contributed by atoms with Gasteiger partial charge in [-0.1, -0.05) is 41.9 Å². The van der Waals surface area contributed by atoms with Crippen LogP contribution in [0.1, 0.15) is 63.0 Å². The van der Waals surface area contributed by atoms with Crippen LogP contribution in [0.25, 0.3) is 10.8 Å². The molecule has 12 heteroatoms. The van der Waals surface area contributed by atoms with E-state index in [4.69, 9.17) is 41.5 Å². The Hall–Kier alpha value is -3.67. The van der Waals surface area contributed by atoms with Gasteiger partial charge in [0.15, 0.2) is 0 Å². The van der Waals surface area contributed by atoms with E-state index in [2.05, 4.69) is 22.9 Å². The summed E-state index contributed by atoms with van der Waals surface area (Å²) < 4.78 is 18.5. The highest BCUT2D eigenvalue weighted by atomic mass is 35.5. The van der Waals surface area contributed by atoms with Gasteiger partial charge in [0.2, 0.25) is 5.91 Å². The molecule has 246 valence electrons. The van der Waals surface area contributed by atoms with E-state index < -0.39 is 23.6 Å². The second-order valence-corrected chi connectivity index (χ2v) is 13.9. The topological polar surface area (TPSA) is 123 Å². The quantitative estimate of drug-likeness (QED) is 0.381. The van der Waals surface area contributed by atoms with Gasteiger partial charge in [-0.15, -0.1) is 0 Å². The number of fused-ring (bicyclic) bond motifs is 2. The molecule has 0 unspecified atom stereocenters. The van der Waals surface area contributed by atoms with Crippen LogP contribution in [0, 0.1) is 0 Å². The molecule has 46 heavy (non-hydrogen) atoms. The van der Waals surface area contributed by atoms with Gasteiger partial charge in [0.1, 0.15) is 18.0 Å². The van der Waals surface area contributed by atoms with Crippen LogP contribution in [0.15, 0.2) is 36.4 Å². The standard InChI is InChI=1S/C34H43ClN6O5/c1-34(2,3)46-33(43)41-15-14-40(18-23(41)16-29(36)42)31-25-20-44-28(24-11-5-8-21-9-6-12-26(35)30(21)24)17-27(25)37-32(38-31)45-19-22-10-7-13-39(22)4/h5-6,8-9,11-12,22-23,28H,7,10,13-20H2,1-4H3,(H2,36,42)/t22-,23-,28-/m0/s1. The van der Waals surface area contributed by atoms with Gasteiger partial charge in [-0.25, -0.2) is 4.79 Å². The Labute approximate surface area is 274 Å². The molecule has 0 saturated carbocycles. The van der Waals surface area contributed by atoms with Crippen molar-refractivity contribution in [2.45, 2.75) is 76.9 Å². The molecule has 2 amide bonds. The molecule has 3 aliphatic heterocycles. The molecule has 0 bridgehead atoms. The summed E-state index contributed by atoms with van der Waals surface area (Å²) >= 11 is 6.69. The van der Waals surface area contributed by atoms with E-state index in [0.29, 0.717) is 55.6 Å². The first-order chi connectivity index (χ1) is 22.0. The number of nitrogens with zero attached hydrogens (tertiary/aromatic N) is 5. The zero-order chi connectivity index (χ0) is 32.6. The molecule has 2 saturated heterocycles. The monoisotopic (exact) mass is 650 g/mol. The third kappa shape index (κ3) is 7.01. The molecule has 2 fully saturated rings.